The summed E-state index contributed by atoms with van der Waals surface area (Å²) in [5.74, 6) is -0.0502. The monoisotopic (exact) mass is 321 g/mol. The number of carbonyl (C=O) groups excluding carboxylic acids is 1. The van der Waals surface area contributed by atoms with Crippen molar-refractivity contribution in [3.63, 3.8) is 0 Å². The van der Waals surface area contributed by atoms with Crippen LogP contribution in [0.3, 0.4) is 0 Å². The van der Waals surface area contributed by atoms with Crippen LogP contribution in [0, 0.1) is 0 Å². The Hall–Kier alpha value is -2.99. The van der Waals surface area contributed by atoms with E-state index in [1.807, 2.05) is 54.4 Å². The zero-order valence-corrected chi connectivity index (χ0v) is 13.4. The summed E-state index contributed by atoms with van der Waals surface area (Å²) >= 11 is 0. The molecule has 0 aliphatic carbocycles. The van der Waals surface area contributed by atoms with Crippen LogP contribution in [-0.2, 0) is 11.3 Å². The molecule has 0 aliphatic heterocycles. The van der Waals surface area contributed by atoms with E-state index in [9.17, 15) is 4.79 Å². The van der Waals surface area contributed by atoms with E-state index in [2.05, 4.69) is 32.9 Å². The van der Waals surface area contributed by atoms with Crippen molar-refractivity contribution in [1.82, 2.24) is 20.3 Å². The van der Waals surface area contributed by atoms with Gasteiger partial charge in [0.1, 0.15) is 5.69 Å². The number of nitrogens with zero attached hydrogens (tertiary/aromatic N) is 3. The van der Waals surface area contributed by atoms with Crippen LogP contribution in [0.15, 0.2) is 60.8 Å². The van der Waals surface area contributed by atoms with Crippen LogP contribution >= 0.6 is 0 Å². The first-order valence-electron chi connectivity index (χ1n) is 7.69. The Morgan fingerprint density at radius 3 is 2.75 bits per heavy atom. The lowest BCUT2D eigenvalue weighted by Gasteiger charge is -2.16. The van der Waals surface area contributed by atoms with E-state index < -0.39 is 0 Å². The molecule has 122 valence electrons. The van der Waals surface area contributed by atoms with Gasteiger partial charge in [0.25, 0.3) is 0 Å². The second kappa shape index (κ2) is 7.52. The summed E-state index contributed by atoms with van der Waals surface area (Å²) in [6, 6.07) is 17.6. The van der Waals surface area contributed by atoms with E-state index in [0.717, 1.165) is 23.5 Å². The largest absolute Gasteiger partial charge is 0.325 e. The van der Waals surface area contributed by atoms with Crippen molar-refractivity contribution < 1.29 is 4.79 Å². The summed E-state index contributed by atoms with van der Waals surface area (Å²) in [6.07, 6.45) is 1.65. The summed E-state index contributed by atoms with van der Waals surface area (Å²) in [5.41, 5.74) is 3.57. The van der Waals surface area contributed by atoms with Crippen molar-refractivity contribution in [2.24, 2.45) is 0 Å². The Bertz CT molecular complexity index is 786. The molecule has 1 heterocycles. The number of amides is 1. The van der Waals surface area contributed by atoms with Crippen LogP contribution in [0.5, 0.6) is 0 Å². The Morgan fingerprint density at radius 2 is 2.00 bits per heavy atom. The average molecular weight is 321 g/mol. The molecule has 1 aromatic heterocycles. The molecule has 0 spiro atoms. The third-order valence-electron chi connectivity index (χ3n) is 3.57. The van der Waals surface area contributed by atoms with E-state index in [1.54, 1.807) is 6.20 Å². The van der Waals surface area contributed by atoms with Crippen LogP contribution in [0.1, 0.15) is 5.56 Å². The van der Waals surface area contributed by atoms with Gasteiger partial charge in [-0.05, 0) is 24.7 Å². The number of aromatic amines is 1. The molecule has 6 heteroatoms. The molecule has 0 fully saturated rings. The first kappa shape index (κ1) is 15.9. The van der Waals surface area contributed by atoms with Gasteiger partial charge in [0.2, 0.25) is 5.91 Å². The molecule has 1 amide bonds. The van der Waals surface area contributed by atoms with Crippen molar-refractivity contribution in [1.29, 1.82) is 0 Å². The van der Waals surface area contributed by atoms with Gasteiger partial charge in [-0.3, -0.25) is 9.69 Å². The predicted octanol–water partition coefficient (Wildman–Crippen LogP) is 2.54. The normalized spacial score (nSPS) is 10.8. The van der Waals surface area contributed by atoms with Gasteiger partial charge < -0.3 is 5.32 Å². The molecule has 24 heavy (non-hydrogen) atoms. The molecule has 0 saturated carbocycles. The first-order valence-corrected chi connectivity index (χ1v) is 7.69. The Kier molecular flexibility index (Phi) is 4.98. The van der Waals surface area contributed by atoms with Gasteiger partial charge in [0.05, 0.1) is 12.7 Å². The zero-order chi connectivity index (χ0) is 16.8. The highest BCUT2D eigenvalue weighted by Gasteiger charge is 2.09. The molecule has 3 rings (SSSR count). The number of hydrogen-bond donors (Lipinski definition) is 2. The Labute approximate surface area is 140 Å². The van der Waals surface area contributed by atoms with E-state index in [-0.39, 0.29) is 5.91 Å². The number of aromatic nitrogens is 3. The van der Waals surface area contributed by atoms with Gasteiger partial charge >= 0.3 is 0 Å². The standard InChI is InChI=1S/C18H19N5O/c1-23(12-14-6-3-2-4-7-14)13-18(24)20-16-9-5-8-15(10-16)17-11-19-22-21-17/h2-11H,12-13H2,1H3,(H,20,24)(H,19,21,22). The summed E-state index contributed by atoms with van der Waals surface area (Å²) in [4.78, 5) is 14.2. The summed E-state index contributed by atoms with van der Waals surface area (Å²) < 4.78 is 0. The zero-order valence-electron chi connectivity index (χ0n) is 13.4. The lowest BCUT2D eigenvalue weighted by molar-refractivity contribution is -0.117. The highest BCUT2D eigenvalue weighted by atomic mass is 16.2. The Morgan fingerprint density at radius 1 is 1.17 bits per heavy atom. The highest BCUT2D eigenvalue weighted by molar-refractivity contribution is 5.92. The lowest BCUT2D eigenvalue weighted by atomic mass is 10.1. The molecule has 2 aromatic carbocycles. The smallest absolute Gasteiger partial charge is 0.238 e. The number of likely N-dealkylation sites (N-methyl/N-ethyl adjacent to an activating group) is 1. The van der Waals surface area contributed by atoms with Crippen molar-refractivity contribution in [3.05, 3.63) is 66.4 Å². The van der Waals surface area contributed by atoms with Crippen molar-refractivity contribution in [2.75, 3.05) is 18.9 Å². The second-order valence-electron chi connectivity index (χ2n) is 5.64. The molecule has 0 radical (unpaired) electrons. The van der Waals surface area contributed by atoms with Crippen LogP contribution in [0.2, 0.25) is 0 Å². The number of anilines is 1. The van der Waals surface area contributed by atoms with Crippen molar-refractivity contribution in [3.8, 4) is 11.3 Å². The van der Waals surface area contributed by atoms with Gasteiger partial charge in [-0.1, -0.05) is 42.5 Å². The van der Waals surface area contributed by atoms with Crippen molar-refractivity contribution in [2.45, 2.75) is 6.54 Å². The third-order valence-corrected chi connectivity index (χ3v) is 3.57. The number of benzene rings is 2. The number of rotatable bonds is 6. The van der Waals surface area contributed by atoms with Crippen molar-refractivity contribution >= 4 is 11.6 Å². The highest BCUT2D eigenvalue weighted by Crippen LogP contribution is 2.19. The minimum Gasteiger partial charge on any atom is -0.325 e. The van der Waals surface area contributed by atoms with Gasteiger partial charge in [-0.15, -0.1) is 0 Å². The molecular formula is C18H19N5O. The topological polar surface area (TPSA) is 73.9 Å². The number of carbonyl (C=O) groups is 1. The maximum atomic E-state index is 12.2. The molecule has 0 atom stereocenters. The molecule has 3 aromatic rings. The van der Waals surface area contributed by atoms with Gasteiger partial charge in [0.15, 0.2) is 0 Å². The maximum Gasteiger partial charge on any atom is 0.238 e. The van der Waals surface area contributed by atoms with E-state index in [0.29, 0.717) is 6.54 Å². The molecule has 0 unspecified atom stereocenters. The van der Waals surface area contributed by atoms with Gasteiger partial charge in [0, 0.05) is 17.8 Å². The third kappa shape index (κ3) is 4.27. The quantitative estimate of drug-likeness (QED) is 0.732. The molecule has 0 saturated heterocycles. The average Bonchev–Trinajstić information content (AvgIpc) is 3.10. The minimum absolute atomic E-state index is 0.0502. The van der Waals surface area contributed by atoms with E-state index in [4.69, 9.17) is 0 Å². The SMILES string of the molecule is CN(CC(=O)Nc1cccc(-c2cn[nH]n2)c1)Cc1ccccc1. The van der Waals surface area contributed by atoms with E-state index in [1.165, 1.54) is 5.56 Å². The van der Waals surface area contributed by atoms with Crippen LogP contribution in [0.4, 0.5) is 5.69 Å². The fraction of sp³-hybridized carbons (Fsp3) is 0.167. The minimum atomic E-state index is -0.0502. The fourth-order valence-corrected chi connectivity index (χ4v) is 2.49. The molecule has 0 aliphatic rings. The second-order valence-corrected chi connectivity index (χ2v) is 5.64. The number of nitrogens with one attached hydrogen (secondary N) is 2. The molecular weight excluding hydrogens is 302 g/mol. The first-order chi connectivity index (χ1) is 11.7. The summed E-state index contributed by atoms with van der Waals surface area (Å²) in [6.45, 7) is 1.05. The lowest BCUT2D eigenvalue weighted by Crippen LogP contribution is -2.29. The molecule has 6 nitrogen and oxygen atoms in total. The molecule has 2 N–H and O–H groups in total. The summed E-state index contributed by atoms with van der Waals surface area (Å²) in [5, 5.41) is 13.3. The fourth-order valence-electron chi connectivity index (χ4n) is 2.49. The predicted molar refractivity (Wildman–Crippen MR) is 93.2 cm³/mol. The van der Waals surface area contributed by atoms with Crippen LogP contribution in [0.25, 0.3) is 11.3 Å². The number of H-pyrrole nitrogens is 1. The van der Waals surface area contributed by atoms with Crippen LogP contribution < -0.4 is 5.32 Å². The maximum absolute atomic E-state index is 12.2. The number of hydrogen-bond acceptors (Lipinski definition) is 4. The summed E-state index contributed by atoms with van der Waals surface area (Å²) in [7, 11) is 1.93. The Balaban J connectivity index is 1.58. The molecule has 0 bridgehead atoms. The van der Waals surface area contributed by atoms with Crippen LogP contribution in [-0.4, -0.2) is 39.8 Å². The van der Waals surface area contributed by atoms with Gasteiger partial charge in [-0.25, -0.2) is 0 Å². The van der Waals surface area contributed by atoms with Gasteiger partial charge in [-0.2, -0.15) is 15.4 Å². The van der Waals surface area contributed by atoms with E-state index >= 15 is 0 Å².